The van der Waals surface area contributed by atoms with E-state index in [4.69, 9.17) is 0 Å². The predicted molar refractivity (Wildman–Crippen MR) is 158 cm³/mol. The highest BCUT2D eigenvalue weighted by Crippen LogP contribution is 2.33. The number of hydrogen-bond acceptors (Lipinski definition) is 6. The van der Waals surface area contributed by atoms with Gasteiger partial charge >= 0.3 is 0 Å². The van der Waals surface area contributed by atoms with Gasteiger partial charge in [-0.05, 0) is 53.1 Å². The maximum Gasteiger partial charge on any atom is 0.266 e. The Balaban J connectivity index is 1.17. The molecule has 9 heteroatoms. The second-order valence-corrected chi connectivity index (χ2v) is 10.8. The fourth-order valence-corrected chi connectivity index (χ4v) is 5.83. The number of benzene rings is 3. The van der Waals surface area contributed by atoms with Crippen molar-refractivity contribution < 1.29 is 24.6 Å². The summed E-state index contributed by atoms with van der Waals surface area (Å²) < 4.78 is 0. The van der Waals surface area contributed by atoms with Gasteiger partial charge in [-0.2, -0.15) is 0 Å². The minimum atomic E-state index is -1.89. The molecule has 210 valence electrons. The van der Waals surface area contributed by atoms with Gasteiger partial charge in [0.15, 0.2) is 12.2 Å². The standard InChI is InChI=1S/C32H31N3O5S/c36-27(28(37)32(40)35-18-7-12-26(35)23-8-3-1-4-9-23)30(38)33-20-21-13-15-22(16-14-21)25-17-19-41-29(25)31(39)34-24-10-5-2-6-11-24/h1-6,8-11,13-17,19,26-28,36-37H,7,12,18,20H2,(H,33,38)(H,34,39)/t26-,27-,28-/m1/s1. The van der Waals surface area contributed by atoms with Crippen LogP contribution < -0.4 is 10.6 Å². The molecular weight excluding hydrogens is 538 g/mol. The van der Waals surface area contributed by atoms with Crippen LogP contribution in [-0.4, -0.2) is 51.6 Å². The van der Waals surface area contributed by atoms with Gasteiger partial charge in [0.2, 0.25) is 0 Å². The van der Waals surface area contributed by atoms with Gasteiger partial charge in [0.25, 0.3) is 17.7 Å². The van der Waals surface area contributed by atoms with Gasteiger partial charge in [0, 0.05) is 24.3 Å². The first-order chi connectivity index (χ1) is 19.9. The number of para-hydroxylation sites is 1. The van der Waals surface area contributed by atoms with E-state index in [2.05, 4.69) is 10.6 Å². The summed E-state index contributed by atoms with van der Waals surface area (Å²) in [5.41, 5.74) is 4.07. The number of likely N-dealkylation sites (tertiary alicyclic amines) is 1. The SMILES string of the molecule is O=C(Nc1ccccc1)c1sccc1-c1ccc(CNC(=O)[C@H](O)[C@@H](O)C(=O)N2CCC[C@@H]2c2ccccc2)cc1. The summed E-state index contributed by atoms with van der Waals surface area (Å²) in [6, 6.07) is 27.8. The summed E-state index contributed by atoms with van der Waals surface area (Å²) in [6.45, 7) is 0.550. The fourth-order valence-electron chi connectivity index (χ4n) is 5.02. The molecule has 1 aliphatic rings. The van der Waals surface area contributed by atoms with E-state index in [1.165, 1.54) is 16.2 Å². The molecule has 0 saturated carbocycles. The molecule has 4 aromatic rings. The zero-order valence-corrected chi connectivity index (χ0v) is 23.1. The highest BCUT2D eigenvalue weighted by Gasteiger charge is 2.38. The first-order valence-electron chi connectivity index (χ1n) is 13.4. The van der Waals surface area contributed by atoms with E-state index in [0.29, 0.717) is 17.1 Å². The van der Waals surface area contributed by atoms with Crippen molar-refractivity contribution in [3.8, 4) is 11.1 Å². The zero-order chi connectivity index (χ0) is 28.8. The van der Waals surface area contributed by atoms with Crippen molar-refractivity contribution >= 4 is 34.7 Å². The van der Waals surface area contributed by atoms with Crippen molar-refractivity contribution in [2.45, 2.75) is 37.6 Å². The van der Waals surface area contributed by atoms with E-state index in [0.717, 1.165) is 35.1 Å². The van der Waals surface area contributed by atoms with E-state index >= 15 is 0 Å². The molecule has 0 unspecified atom stereocenters. The zero-order valence-electron chi connectivity index (χ0n) is 22.3. The van der Waals surface area contributed by atoms with Crippen LogP contribution in [0.4, 0.5) is 5.69 Å². The number of nitrogens with one attached hydrogen (secondary N) is 2. The Morgan fingerprint density at radius 2 is 1.56 bits per heavy atom. The molecule has 41 heavy (non-hydrogen) atoms. The van der Waals surface area contributed by atoms with Crippen LogP contribution in [0.2, 0.25) is 0 Å². The van der Waals surface area contributed by atoms with Crippen molar-refractivity contribution in [2.24, 2.45) is 0 Å². The van der Waals surface area contributed by atoms with Gasteiger partial charge in [0.1, 0.15) is 0 Å². The molecule has 4 N–H and O–H groups in total. The molecule has 3 atom stereocenters. The Morgan fingerprint density at radius 1 is 0.878 bits per heavy atom. The molecule has 1 saturated heterocycles. The molecule has 3 amide bonds. The van der Waals surface area contributed by atoms with Crippen LogP contribution in [0.25, 0.3) is 11.1 Å². The molecule has 2 heterocycles. The average Bonchev–Trinajstić information content (AvgIpc) is 3.71. The largest absolute Gasteiger partial charge is 0.380 e. The van der Waals surface area contributed by atoms with Crippen molar-refractivity contribution in [3.05, 3.63) is 112 Å². The van der Waals surface area contributed by atoms with E-state index in [9.17, 15) is 24.6 Å². The highest BCUT2D eigenvalue weighted by molar-refractivity contribution is 7.12. The van der Waals surface area contributed by atoms with Crippen LogP contribution in [0, 0.1) is 0 Å². The summed E-state index contributed by atoms with van der Waals surface area (Å²) in [7, 11) is 0. The molecule has 1 aliphatic heterocycles. The molecule has 0 radical (unpaired) electrons. The minimum Gasteiger partial charge on any atom is -0.380 e. The van der Waals surface area contributed by atoms with Crippen molar-refractivity contribution in [2.75, 3.05) is 11.9 Å². The summed E-state index contributed by atoms with van der Waals surface area (Å²) in [4.78, 5) is 40.6. The van der Waals surface area contributed by atoms with Gasteiger partial charge < -0.3 is 25.7 Å². The molecular formula is C32H31N3O5S. The van der Waals surface area contributed by atoms with E-state index in [-0.39, 0.29) is 18.5 Å². The minimum absolute atomic E-state index is 0.0957. The van der Waals surface area contributed by atoms with Crippen LogP contribution >= 0.6 is 11.3 Å². The first kappa shape index (κ1) is 28.2. The smallest absolute Gasteiger partial charge is 0.266 e. The van der Waals surface area contributed by atoms with Crippen molar-refractivity contribution in [1.82, 2.24) is 10.2 Å². The molecule has 1 aromatic heterocycles. The summed E-state index contributed by atoms with van der Waals surface area (Å²) in [5, 5.41) is 28.4. The lowest BCUT2D eigenvalue weighted by molar-refractivity contribution is -0.153. The number of thiophene rings is 1. The second kappa shape index (κ2) is 12.9. The number of carbonyl (C=O) groups is 3. The van der Waals surface area contributed by atoms with Gasteiger partial charge in [-0.25, -0.2) is 0 Å². The second-order valence-electron chi connectivity index (χ2n) is 9.89. The number of aliphatic hydroxyl groups is 2. The Morgan fingerprint density at radius 3 is 2.27 bits per heavy atom. The maximum absolute atomic E-state index is 13.0. The van der Waals surface area contributed by atoms with Crippen LogP contribution in [-0.2, 0) is 16.1 Å². The Kier molecular flexibility index (Phi) is 8.88. The summed E-state index contributed by atoms with van der Waals surface area (Å²) >= 11 is 1.35. The average molecular weight is 570 g/mol. The Hall–Kier alpha value is -4.31. The summed E-state index contributed by atoms with van der Waals surface area (Å²) in [6.07, 6.45) is -2.22. The monoisotopic (exact) mass is 569 g/mol. The quantitative estimate of drug-likeness (QED) is 0.239. The first-order valence-corrected chi connectivity index (χ1v) is 14.3. The highest BCUT2D eigenvalue weighted by atomic mass is 32.1. The van der Waals surface area contributed by atoms with Gasteiger partial charge in [-0.15, -0.1) is 11.3 Å². The number of rotatable bonds is 9. The number of amides is 3. The van der Waals surface area contributed by atoms with Crippen molar-refractivity contribution in [1.29, 1.82) is 0 Å². The summed E-state index contributed by atoms with van der Waals surface area (Å²) in [5.74, 6) is -1.68. The Bertz CT molecular complexity index is 1490. The lowest BCUT2D eigenvalue weighted by Gasteiger charge is -2.28. The van der Waals surface area contributed by atoms with Crippen LogP contribution in [0.5, 0.6) is 0 Å². The molecule has 0 aliphatic carbocycles. The Labute approximate surface area is 242 Å². The third-order valence-corrected chi connectivity index (χ3v) is 8.09. The number of carbonyl (C=O) groups excluding carboxylic acids is 3. The van der Waals surface area contributed by atoms with Crippen LogP contribution in [0.15, 0.2) is 96.4 Å². The number of anilines is 1. The molecule has 1 fully saturated rings. The van der Waals surface area contributed by atoms with Crippen molar-refractivity contribution in [3.63, 3.8) is 0 Å². The van der Waals surface area contributed by atoms with E-state index in [1.54, 1.807) is 0 Å². The molecule has 0 bridgehead atoms. The van der Waals surface area contributed by atoms with Gasteiger partial charge in [-0.3, -0.25) is 14.4 Å². The topological polar surface area (TPSA) is 119 Å². The third-order valence-electron chi connectivity index (χ3n) is 7.18. The lowest BCUT2D eigenvalue weighted by Crippen LogP contribution is -2.50. The van der Waals surface area contributed by atoms with Crippen LogP contribution in [0.3, 0.4) is 0 Å². The van der Waals surface area contributed by atoms with E-state index in [1.807, 2.05) is 96.4 Å². The van der Waals surface area contributed by atoms with Gasteiger partial charge in [0.05, 0.1) is 10.9 Å². The molecule has 0 spiro atoms. The molecule has 5 rings (SSSR count). The lowest BCUT2D eigenvalue weighted by atomic mass is 10.0. The van der Waals surface area contributed by atoms with Gasteiger partial charge in [-0.1, -0.05) is 72.8 Å². The fraction of sp³-hybridized carbons (Fsp3) is 0.219. The predicted octanol–water partition coefficient (Wildman–Crippen LogP) is 4.37. The number of hydrogen-bond donors (Lipinski definition) is 4. The maximum atomic E-state index is 13.0. The number of aliphatic hydroxyl groups excluding tert-OH is 2. The molecule has 3 aromatic carbocycles. The van der Waals surface area contributed by atoms with E-state index < -0.39 is 24.0 Å². The third kappa shape index (κ3) is 6.54. The molecule has 8 nitrogen and oxygen atoms in total. The van der Waals surface area contributed by atoms with Crippen LogP contribution in [0.1, 0.15) is 39.7 Å². The normalized spacial score (nSPS) is 16.1. The number of nitrogens with zero attached hydrogens (tertiary/aromatic N) is 1.